The molecule has 0 saturated heterocycles. The van der Waals surface area contributed by atoms with Crippen molar-refractivity contribution in [3.63, 3.8) is 0 Å². The summed E-state index contributed by atoms with van der Waals surface area (Å²) in [6, 6.07) is 9.09. The van der Waals surface area contributed by atoms with Crippen LogP contribution in [0.5, 0.6) is 0 Å². The predicted octanol–water partition coefficient (Wildman–Crippen LogP) is 4.56. The number of benzene rings is 1. The van der Waals surface area contributed by atoms with E-state index in [9.17, 15) is 9.59 Å². The molecule has 1 fully saturated rings. The van der Waals surface area contributed by atoms with Gasteiger partial charge >= 0.3 is 6.09 Å². The quantitative estimate of drug-likeness (QED) is 0.788. The van der Waals surface area contributed by atoms with E-state index in [1.807, 2.05) is 45.9 Å². The minimum Gasteiger partial charge on any atom is -0.444 e. The summed E-state index contributed by atoms with van der Waals surface area (Å²) in [4.78, 5) is 26.6. The Bertz CT molecular complexity index is 849. The second kappa shape index (κ2) is 8.04. The lowest BCUT2D eigenvalue weighted by Gasteiger charge is -2.27. The highest BCUT2D eigenvalue weighted by atomic mass is 16.6. The first-order chi connectivity index (χ1) is 13.3. The molecule has 1 N–H and O–H groups in total. The molecule has 0 radical (unpaired) electrons. The van der Waals surface area contributed by atoms with Crippen molar-refractivity contribution in [1.29, 1.82) is 0 Å². The molecule has 0 unspecified atom stereocenters. The first-order valence-corrected chi connectivity index (χ1v) is 9.60. The number of carbonyl (C=O) groups excluding carboxylic acids is 2. The first-order valence-electron chi connectivity index (χ1n) is 9.60. The van der Waals surface area contributed by atoms with Crippen LogP contribution in [-0.2, 0) is 11.3 Å². The van der Waals surface area contributed by atoms with Gasteiger partial charge in [0.15, 0.2) is 5.69 Å². The summed E-state index contributed by atoms with van der Waals surface area (Å²) in [6.45, 7) is 8.21. The fraction of sp³-hybridized carbons (Fsp3) is 0.476. The molecule has 0 spiro atoms. The summed E-state index contributed by atoms with van der Waals surface area (Å²) in [6.07, 6.45) is 1.77. The predicted molar refractivity (Wildman–Crippen MR) is 105 cm³/mol. The maximum absolute atomic E-state index is 12.6. The van der Waals surface area contributed by atoms with Crippen LogP contribution in [0.25, 0.3) is 0 Å². The number of hydrogen-bond donors (Lipinski definition) is 1. The molecule has 1 aromatic carbocycles. The SMILES string of the molecule is CCN(Cc1ccccc1NC(=O)c1cc(C2CC2)on1)C(=O)OC(C)(C)C. The molecule has 1 saturated carbocycles. The fourth-order valence-corrected chi connectivity index (χ4v) is 2.76. The third-order valence-corrected chi connectivity index (χ3v) is 4.40. The van der Waals surface area contributed by atoms with Gasteiger partial charge in [0.1, 0.15) is 11.4 Å². The maximum Gasteiger partial charge on any atom is 0.410 e. The smallest absolute Gasteiger partial charge is 0.410 e. The number of ether oxygens (including phenoxy) is 1. The van der Waals surface area contributed by atoms with Gasteiger partial charge in [0.05, 0.1) is 6.54 Å². The van der Waals surface area contributed by atoms with Crippen LogP contribution in [0.3, 0.4) is 0 Å². The molecule has 0 bridgehead atoms. The van der Waals surface area contributed by atoms with Gasteiger partial charge in [-0.1, -0.05) is 23.4 Å². The number of nitrogens with one attached hydrogen (secondary N) is 1. The number of para-hydroxylation sites is 1. The Balaban J connectivity index is 1.70. The van der Waals surface area contributed by atoms with Crippen molar-refractivity contribution in [3.05, 3.63) is 47.3 Å². The minimum absolute atomic E-state index is 0.260. The van der Waals surface area contributed by atoms with Crippen molar-refractivity contribution in [2.24, 2.45) is 0 Å². The van der Waals surface area contributed by atoms with E-state index in [1.54, 1.807) is 17.0 Å². The van der Waals surface area contributed by atoms with Crippen molar-refractivity contribution in [2.75, 3.05) is 11.9 Å². The molecule has 1 aliphatic carbocycles. The molecule has 2 aromatic rings. The van der Waals surface area contributed by atoms with Crippen LogP contribution >= 0.6 is 0 Å². The molecule has 1 aliphatic rings. The molecule has 7 heteroatoms. The van der Waals surface area contributed by atoms with E-state index < -0.39 is 5.60 Å². The van der Waals surface area contributed by atoms with E-state index in [0.717, 1.165) is 24.2 Å². The van der Waals surface area contributed by atoms with Gasteiger partial charge in [0.25, 0.3) is 5.91 Å². The van der Waals surface area contributed by atoms with E-state index in [4.69, 9.17) is 9.26 Å². The van der Waals surface area contributed by atoms with Crippen molar-refractivity contribution >= 4 is 17.7 Å². The van der Waals surface area contributed by atoms with Gasteiger partial charge in [0, 0.05) is 24.2 Å². The minimum atomic E-state index is -0.565. The van der Waals surface area contributed by atoms with Gasteiger partial charge in [0.2, 0.25) is 0 Å². The summed E-state index contributed by atoms with van der Waals surface area (Å²) in [5.41, 5.74) is 1.14. The monoisotopic (exact) mass is 385 g/mol. The second-order valence-corrected chi connectivity index (χ2v) is 7.99. The summed E-state index contributed by atoms with van der Waals surface area (Å²) in [5, 5.41) is 6.75. The maximum atomic E-state index is 12.6. The third-order valence-electron chi connectivity index (χ3n) is 4.40. The van der Waals surface area contributed by atoms with Crippen LogP contribution in [0.4, 0.5) is 10.5 Å². The number of anilines is 1. The van der Waals surface area contributed by atoms with Crippen LogP contribution in [0.2, 0.25) is 0 Å². The number of rotatable bonds is 6. The summed E-state index contributed by atoms with van der Waals surface area (Å²) in [5.74, 6) is 0.831. The van der Waals surface area contributed by atoms with Crippen LogP contribution in [0.1, 0.15) is 68.3 Å². The molecule has 28 heavy (non-hydrogen) atoms. The van der Waals surface area contributed by atoms with E-state index >= 15 is 0 Å². The van der Waals surface area contributed by atoms with Gasteiger partial charge in [-0.05, 0) is 52.2 Å². The molecule has 0 atom stereocenters. The van der Waals surface area contributed by atoms with Gasteiger partial charge in [-0.2, -0.15) is 0 Å². The average Bonchev–Trinajstić information content (AvgIpc) is 3.36. The lowest BCUT2D eigenvalue weighted by Crippen LogP contribution is -2.36. The number of hydrogen-bond acceptors (Lipinski definition) is 5. The zero-order valence-electron chi connectivity index (χ0n) is 16.8. The molecular weight excluding hydrogens is 358 g/mol. The molecule has 1 heterocycles. The average molecular weight is 385 g/mol. The van der Waals surface area contributed by atoms with Gasteiger partial charge in [-0.15, -0.1) is 0 Å². The van der Waals surface area contributed by atoms with Crippen LogP contribution < -0.4 is 5.32 Å². The largest absolute Gasteiger partial charge is 0.444 e. The lowest BCUT2D eigenvalue weighted by molar-refractivity contribution is 0.0245. The van der Waals surface area contributed by atoms with Crippen LogP contribution in [-0.4, -0.2) is 34.2 Å². The summed E-state index contributed by atoms with van der Waals surface area (Å²) >= 11 is 0. The Morgan fingerprint density at radius 1 is 1.29 bits per heavy atom. The number of nitrogens with zero attached hydrogens (tertiary/aromatic N) is 2. The molecule has 1 aromatic heterocycles. The molecule has 150 valence electrons. The van der Waals surface area contributed by atoms with Crippen molar-refractivity contribution in [1.82, 2.24) is 10.1 Å². The Kier molecular flexibility index (Phi) is 5.72. The Morgan fingerprint density at radius 2 is 2.00 bits per heavy atom. The normalized spacial score (nSPS) is 13.9. The second-order valence-electron chi connectivity index (χ2n) is 7.99. The van der Waals surface area contributed by atoms with E-state index in [2.05, 4.69) is 10.5 Å². The topological polar surface area (TPSA) is 84.7 Å². The molecular formula is C21H27N3O4. The van der Waals surface area contributed by atoms with Crippen molar-refractivity contribution < 1.29 is 18.8 Å². The van der Waals surface area contributed by atoms with E-state index in [-0.39, 0.29) is 17.7 Å². The standard InChI is InChI=1S/C21H27N3O4/c1-5-24(20(26)27-21(2,3)4)13-15-8-6-7-9-16(15)22-19(25)17-12-18(28-23-17)14-10-11-14/h6-9,12,14H,5,10-11,13H2,1-4H3,(H,22,25). The van der Waals surface area contributed by atoms with Crippen molar-refractivity contribution in [3.8, 4) is 0 Å². The Morgan fingerprint density at radius 3 is 2.64 bits per heavy atom. The zero-order valence-corrected chi connectivity index (χ0v) is 16.8. The van der Waals surface area contributed by atoms with E-state index in [0.29, 0.717) is 24.7 Å². The molecule has 7 nitrogen and oxygen atoms in total. The number of carbonyl (C=O) groups is 2. The number of amides is 2. The fourth-order valence-electron chi connectivity index (χ4n) is 2.76. The van der Waals surface area contributed by atoms with Crippen molar-refractivity contribution in [2.45, 2.75) is 58.6 Å². The highest BCUT2D eigenvalue weighted by molar-refractivity contribution is 6.03. The lowest BCUT2D eigenvalue weighted by atomic mass is 10.1. The van der Waals surface area contributed by atoms with Crippen LogP contribution in [0.15, 0.2) is 34.9 Å². The number of aromatic nitrogens is 1. The molecule has 2 amide bonds. The van der Waals surface area contributed by atoms with Gasteiger partial charge < -0.3 is 19.5 Å². The third kappa shape index (κ3) is 5.12. The van der Waals surface area contributed by atoms with E-state index in [1.165, 1.54) is 0 Å². The molecule has 0 aliphatic heterocycles. The van der Waals surface area contributed by atoms with Gasteiger partial charge in [-0.3, -0.25) is 4.79 Å². The zero-order chi connectivity index (χ0) is 20.3. The first kappa shape index (κ1) is 19.9. The van der Waals surface area contributed by atoms with Gasteiger partial charge in [-0.25, -0.2) is 4.79 Å². The Hall–Kier alpha value is -2.83. The Labute approximate surface area is 165 Å². The summed E-state index contributed by atoms with van der Waals surface area (Å²) < 4.78 is 10.7. The van der Waals surface area contributed by atoms with Crippen LogP contribution in [0, 0.1) is 0 Å². The highest BCUT2D eigenvalue weighted by Crippen LogP contribution is 2.40. The molecule has 3 rings (SSSR count). The summed E-state index contributed by atoms with van der Waals surface area (Å²) in [7, 11) is 0. The highest BCUT2D eigenvalue weighted by Gasteiger charge is 2.29.